The van der Waals surface area contributed by atoms with E-state index in [1.807, 2.05) is 12.1 Å². The van der Waals surface area contributed by atoms with Crippen molar-refractivity contribution in [3.05, 3.63) is 81.3 Å². The van der Waals surface area contributed by atoms with Crippen LogP contribution in [-0.2, 0) is 28.6 Å². The van der Waals surface area contributed by atoms with E-state index in [2.05, 4.69) is 24.5 Å². The van der Waals surface area contributed by atoms with Gasteiger partial charge in [0.15, 0.2) is 4.87 Å². The summed E-state index contributed by atoms with van der Waals surface area (Å²) < 4.78 is 70.3. The van der Waals surface area contributed by atoms with Gasteiger partial charge in [-0.25, -0.2) is 9.98 Å². The number of nitrogens with zero attached hydrogens (tertiary/aromatic N) is 2. The third-order valence-electron chi connectivity index (χ3n) is 5.42. The first-order valence-electron chi connectivity index (χ1n) is 10.6. The molecule has 0 aliphatic carbocycles. The Balaban J connectivity index is 1.83. The molecule has 0 fully saturated rings. The lowest BCUT2D eigenvalue weighted by Crippen LogP contribution is -2.47. The van der Waals surface area contributed by atoms with Gasteiger partial charge in [0.1, 0.15) is 0 Å². The number of hydrogen-bond donors (Lipinski definition) is 2. The topological polar surface area (TPSA) is 139 Å². The molecule has 0 saturated carbocycles. The average molecular weight is 502 g/mol. The Hall–Kier alpha value is -3.32. The predicted octanol–water partition coefficient (Wildman–Crippen LogP) is 0.232. The van der Waals surface area contributed by atoms with Crippen molar-refractivity contribution in [3.63, 3.8) is 0 Å². The van der Waals surface area contributed by atoms with Crippen molar-refractivity contribution in [1.29, 1.82) is 0 Å². The number of fused-ring (bicyclic) bond motifs is 6. The highest BCUT2D eigenvalue weighted by Gasteiger charge is 2.51. The minimum atomic E-state index is -4.58. The van der Waals surface area contributed by atoms with Crippen molar-refractivity contribution in [2.24, 2.45) is 9.98 Å². The summed E-state index contributed by atoms with van der Waals surface area (Å²) in [5, 5.41) is 4.28. The lowest BCUT2D eigenvalue weighted by Gasteiger charge is -2.26. The third kappa shape index (κ3) is 3.84. The lowest BCUT2D eigenvalue weighted by molar-refractivity contribution is 0.368. The molecule has 4 aliphatic rings. The fourth-order valence-electron chi connectivity index (χ4n) is 3.80. The number of allylic oxidation sites excluding steroid dienone is 5. The molecular weight excluding hydrogens is 480 g/mol. The maximum atomic E-state index is 13.2. The fourth-order valence-corrected chi connectivity index (χ4v) is 5.80. The van der Waals surface area contributed by atoms with Crippen LogP contribution < -0.4 is 16.0 Å². The molecule has 12 heteroatoms. The molecule has 1 aromatic rings. The van der Waals surface area contributed by atoms with E-state index in [4.69, 9.17) is 5.55 Å². The van der Waals surface area contributed by atoms with Crippen molar-refractivity contribution in [1.82, 2.24) is 10.3 Å². The molecule has 5 heterocycles. The van der Waals surface area contributed by atoms with E-state index < -0.39 is 36.4 Å². The Morgan fingerprint density at radius 2 is 1.53 bits per heavy atom. The van der Waals surface area contributed by atoms with Gasteiger partial charge in [0.2, 0.25) is 0 Å². The molecule has 0 spiro atoms. The molecule has 10 nitrogen and oxygen atoms in total. The number of nitrogens with one attached hydrogen (secondary N) is 2. The fraction of sp³-hybridized carbons (Fsp3) is 0.182. The Kier molecular flexibility index (Phi) is 4.92. The zero-order valence-corrected chi connectivity index (χ0v) is 19.6. The quantitative estimate of drug-likeness (QED) is 0.563. The number of aliphatic imine (C=N–C) groups is 2. The van der Waals surface area contributed by atoms with Crippen LogP contribution in [0.4, 0.5) is 0 Å². The third-order valence-corrected chi connectivity index (χ3v) is 8.34. The molecule has 2 N–H and O–H groups in total. The van der Waals surface area contributed by atoms with E-state index in [-0.39, 0.29) is 11.4 Å². The first-order valence-corrected chi connectivity index (χ1v) is 12.8. The summed E-state index contributed by atoms with van der Waals surface area (Å²) in [4.78, 5) is 9.24. The van der Waals surface area contributed by atoms with Crippen molar-refractivity contribution in [2.45, 2.75) is 11.3 Å². The standard InChI is InChI=1S/C22H20N4O6S2/c1-31-33(27,28)21-13-22(34(29,30)32-2)12-19-8-7-17(25-19)10-15-4-3-14(23-15)9-16-5-6-18(24-16)11-20(21)26-22/h3-12,23,26H,13H2,1-2H3/b14-9-,15-10-,18-11-,19-12-/i13D. The van der Waals surface area contributed by atoms with Crippen molar-refractivity contribution < 1.29 is 26.6 Å². The zero-order valence-electron chi connectivity index (χ0n) is 19.0. The molecule has 5 rings (SSSR count). The maximum absolute atomic E-state index is 13.2. The van der Waals surface area contributed by atoms with Gasteiger partial charge < -0.3 is 10.3 Å². The molecule has 8 bridgehead atoms. The summed E-state index contributed by atoms with van der Waals surface area (Å²) in [5.41, 5.74) is 1.51. The Morgan fingerprint density at radius 3 is 2.15 bits per heavy atom. The van der Waals surface area contributed by atoms with Gasteiger partial charge in [0, 0.05) is 18.5 Å². The number of aromatic amines is 1. The first-order chi connectivity index (χ1) is 16.6. The molecule has 0 radical (unpaired) electrons. The largest absolute Gasteiger partial charge is 0.360 e. The van der Waals surface area contributed by atoms with Gasteiger partial charge >= 0.3 is 0 Å². The Labute approximate surface area is 197 Å². The predicted molar refractivity (Wildman–Crippen MR) is 128 cm³/mol. The minimum Gasteiger partial charge on any atom is -0.360 e. The van der Waals surface area contributed by atoms with Crippen molar-refractivity contribution in [2.75, 3.05) is 14.2 Å². The molecular formula is C22H20N4O6S2. The summed E-state index contributed by atoms with van der Waals surface area (Å²) in [6.45, 7) is 0. The number of aromatic nitrogens is 1. The monoisotopic (exact) mass is 501 g/mol. The van der Waals surface area contributed by atoms with E-state index >= 15 is 0 Å². The smallest absolute Gasteiger partial charge is 0.295 e. The van der Waals surface area contributed by atoms with Gasteiger partial charge in [0.25, 0.3) is 20.2 Å². The summed E-state index contributed by atoms with van der Waals surface area (Å²) in [6.07, 6.45) is 10.8. The first kappa shape index (κ1) is 21.2. The highest BCUT2D eigenvalue weighted by molar-refractivity contribution is 7.91. The molecule has 4 aliphatic heterocycles. The van der Waals surface area contributed by atoms with E-state index in [1.54, 1.807) is 36.5 Å². The second-order valence-corrected chi connectivity index (χ2v) is 11.2. The summed E-state index contributed by atoms with van der Waals surface area (Å²) >= 11 is 0. The van der Waals surface area contributed by atoms with Crippen LogP contribution in [0.5, 0.6) is 0 Å². The molecule has 0 aromatic carbocycles. The number of hydrogen-bond acceptors (Lipinski definition) is 9. The van der Waals surface area contributed by atoms with Crippen LogP contribution in [0.15, 0.2) is 80.6 Å². The van der Waals surface area contributed by atoms with Gasteiger partial charge in [-0.3, -0.25) is 8.37 Å². The Bertz CT molecular complexity index is 1690. The van der Waals surface area contributed by atoms with Gasteiger partial charge in [-0.05, 0) is 60.7 Å². The zero-order chi connectivity index (χ0) is 25.0. The van der Waals surface area contributed by atoms with E-state index in [0.29, 0.717) is 17.1 Å². The molecule has 1 aromatic heterocycles. The maximum Gasteiger partial charge on any atom is 0.295 e. The minimum absolute atomic E-state index is 0.152. The van der Waals surface area contributed by atoms with Crippen LogP contribution in [0, 0.1) is 0 Å². The second kappa shape index (κ2) is 7.87. The normalized spacial score (nSPS) is 31.2. The van der Waals surface area contributed by atoms with Gasteiger partial charge in [0.05, 0.1) is 47.6 Å². The number of H-pyrrole nitrogens is 1. The van der Waals surface area contributed by atoms with Gasteiger partial charge in [-0.15, -0.1) is 0 Å². The van der Waals surface area contributed by atoms with E-state index in [9.17, 15) is 16.8 Å². The van der Waals surface area contributed by atoms with Crippen molar-refractivity contribution >= 4 is 43.8 Å². The van der Waals surface area contributed by atoms with Gasteiger partial charge in [-0.1, -0.05) is 0 Å². The van der Waals surface area contributed by atoms with Crippen LogP contribution in [0.3, 0.4) is 0 Å². The van der Waals surface area contributed by atoms with Gasteiger partial charge in [-0.2, -0.15) is 16.8 Å². The van der Waals surface area contributed by atoms with Crippen LogP contribution >= 0.6 is 0 Å². The van der Waals surface area contributed by atoms with E-state index in [0.717, 1.165) is 24.9 Å². The highest BCUT2D eigenvalue weighted by Crippen LogP contribution is 2.39. The molecule has 2 atom stereocenters. The summed E-state index contributed by atoms with van der Waals surface area (Å²) in [6, 6.07) is 3.74. The Morgan fingerprint density at radius 1 is 0.912 bits per heavy atom. The highest BCUT2D eigenvalue weighted by atomic mass is 32.2. The van der Waals surface area contributed by atoms with Crippen molar-refractivity contribution in [3.8, 4) is 0 Å². The van der Waals surface area contributed by atoms with E-state index in [1.165, 1.54) is 12.2 Å². The SMILES string of the molecule is [2H]C1C(S(=O)(=O)OC)=C2/C=C3/C=CC(=N3)/C=c3/cc/c([nH]3)=C/C3=NC(=C\C1(S(=O)(=O)OC)N2)/C=C3. The second-order valence-electron chi connectivity index (χ2n) is 7.62. The molecule has 0 saturated heterocycles. The van der Waals surface area contributed by atoms with Crippen LogP contribution in [0.2, 0.25) is 0 Å². The lowest BCUT2D eigenvalue weighted by atomic mass is 10.2. The van der Waals surface area contributed by atoms with Crippen LogP contribution in [0.25, 0.3) is 12.2 Å². The molecule has 176 valence electrons. The average Bonchev–Trinajstić information content (AvgIpc) is 3.59. The molecule has 0 amide bonds. The summed E-state index contributed by atoms with van der Waals surface area (Å²) in [5.74, 6) is 0. The summed E-state index contributed by atoms with van der Waals surface area (Å²) in [7, 11) is -7.17. The molecule has 2 unspecified atom stereocenters. The number of rotatable bonds is 4. The van der Waals surface area contributed by atoms with Crippen LogP contribution in [-0.4, -0.2) is 52.3 Å². The van der Waals surface area contributed by atoms with Crippen LogP contribution in [0.1, 0.15) is 7.77 Å². The molecule has 34 heavy (non-hydrogen) atoms.